The van der Waals surface area contributed by atoms with Gasteiger partial charge in [0.15, 0.2) is 0 Å². The molecule has 132 valence electrons. The molecule has 0 saturated carbocycles. The average molecular weight is 340 g/mol. The van der Waals surface area contributed by atoms with Crippen molar-refractivity contribution in [3.63, 3.8) is 0 Å². The third-order valence-corrected chi connectivity index (χ3v) is 5.10. The van der Waals surface area contributed by atoms with E-state index < -0.39 is 6.36 Å². The number of benzene rings is 1. The monoisotopic (exact) mass is 340 g/mol. The molecule has 3 heterocycles. The molecule has 3 saturated heterocycles. The predicted molar refractivity (Wildman–Crippen MR) is 86.6 cm³/mol. The minimum absolute atomic E-state index is 0.183. The summed E-state index contributed by atoms with van der Waals surface area (Å²) in [5.74, 6) is 1.19. The van der Waals surface area contributed by atoms with Crippen molar-refractivity contribution in [3.05, 3.63) is 42.5 Å². The van der Waals surface area contributed by atoms with E-state index in [0.717, 1.165) is 31.1 Å². The highest BCUT2D eigenvalue weighted by Crippen LogP contribution is 2.36. The quantitative estimate of drug-likeness (QED) is 0.801. The molecule has 3 aliphatic rings. The lowest BCUT2D eigenvalue weighted by Crippen LogP contribution is -2.55. The van der Waals surface area contributed by atoms with Gasteiger partial charge in [0.05, 0.1) is 0 Å². The van der Waals surface area contributed by atoms with E-state index >= 15 is 0 Å². The Balaban J connectivity index is 1.45. The van der Waals surface area contributed by atoms with E-state index in [1.54, 1.807) is 12.1 Å². The maximum Gasteiger partial charge on any atom is 0.573 e. The van der Waals surface area contributed by atoms with Gasteiger partial charge in [-0.2, -0.15) is 0 Å². The zero-order valence-electron chi connectivity index (χ0n) is 13.6. The van der Waals surface area contributed by atoms with Gasteiger partial charge in [0.1, 0.15) is 5.75 Å². The summed E-state index contributed by atoms with van der Waals surface area (Å²) in [6.45, 7) is 7.74. The van der Waals surface area contributed by atoms with Gasteiger partial charge < -0.3 is 10.1 Å². The first-order valence-corrected chi connectivity index (χ1v) is 8.36. The molecule has 0 radical (unpaired) electrons. The Morgan fingerprint density at radius 2 is 2.04 bits per heavy atom. The maximum absolute atomic E-state index is 12.1. The number of nitrogens with one attached hydrogen (secondary N) is 1. The smallest absolute Gasteiger partial charge is 0.406 e. The SMILES string of the molecule is C=C[C@@H]1CN2CC[C@H]1C[C@@H]2CNCc1ccc(OC(F)(F)F)cc1. The van der Waals surface area contributed by atoms with Crippen LogP contribution in [0.25, 0.3) is 0 Å². The van der Waals surface area contributed by atoms with Crippen LogP contribution in [0.4, 0.5) is 13.2 Å². The Bertz CT molecular complexity index is 558. The van der Waals surface area contributed by atoms with E-state index in [-0.39, 0.29) is 5.75 Å². The highest BCUT2D eigenvalue weighted by atomic mass is 19.4. The fourth-order valence-electron chi connectivity index (χ4n) is 3.85. The fourth-order valence-corrected chi connectivity index (χ4v) is 3.85. The van der Waals surface area contributed by atoms with Crippen LogP contribution in [0.15, 0.2) is 36.9 Å². The summed E-state index contributed by atoms with van der Waals surface area (Å²) in [7, 11) is 0. The van der Waals surface area contributed by atoms with Gasteiger partial charge in [-0.25, -0.2) is 0 Å². The number of halogens is 3. The molecule has 4 atom stereocenters. The third kappa shape index (κ3) is 4.30. The van der Waals surface area contributed by atoms with Crippen LogP contribution in [0.2, 0.25) is 0 Å². The van der Waals surface area contributed by atoms with Gasteiger partial charge in [0.2, 0.25) is 0 Å². The molecule has 1 aromatic carbocycles. The van der Waals surface area contributed by atoms with Crippen molar-refractivity contribution in [2.45, 2.75) is 31.8 Å². The van der Waals surface area contributed by atoms with Gasteiger partial charge in [0, 0.05) is 25.7 Å². The van der Waals surface area contributed by atoms with E-state index in [2.05, 4.69) is 27.6 Å². The van der Waals surface area contributed by atoms with Crippen LogP contribution in [-0.4, -0.2) is 36.9 Å². The van der Waals surface area contributed by atoms with Crippen molar-refractivity contribution in [1.82, 2.24) is 10.2 Å². The van der Waals surface area contributed by atoms with E-state index in [1.807, 2.05) is 0 Å². The summed E-state index contributed by atoms with van der Waals surface area (Å²) in [4.78, 5) is 2.53. The molecule has 2 bridgehead atoms. The molecule has 0 amide bonds. The predicted octanol–water partition coefficient (Wildman–Crippen LogP) is 3.57. The summed E-state index contributed by atoms with van der Waals surface area (Å²) in [5, 5.41) is 3.43. The zero-order chi connectivity index (χ0) is 17.2. The number of piperidine rings is 3. The number of rotatable bonds is 6. The first-order chi connectivity index (χ1) is 11.4. The van der Waals surface area contributed by atoms with Gasteiger partial charge in [-0.3, -0.25) is 4.90 Å². The standard InChI is InChI=1S/C18H23F3N2O/c1-2-14-12-23-8-7-15(14)9-16(23)11-22-10-13-3-5-17(6-4-13)24-18(19,20)21/h2-6,14-16,22H,1,7-12H2/t14-,15+,16-/m1/s1. The second kappa shape index (κ2) is 7.15. The van der Waals surface area contributed by atoms with Crippen molar-refractivity contribution < 1.29 is 17.9 Å². The molecule has 0 aliphatic carbocycles. The Labute approximate surface area is 140 Å². The fraction of sp³-hybridized carbons (Fsp3) is 0.556. The zero-order valence-corrected chi connectivity index (χ0v) is 13.6. The average Bonchev–Trinajstić information content (AvgIpc) is 2.55. The van der Waals surface area contributed by atoms with E-state index in [0.29, 0.717) is 18.5 Å². The highest BCUT2D eigenvalue weighted by molar-refractivity contribution is 5.27. The largest absolute Gasteiger partial charge is 0.573 e. The normalized spacial score (nSPS) is 29.5. The molecule has 6 heteroatoms. The van der Waals surface area contributed by atoms with Crippen LogP contribution in [0, 0.1) is 11.8 Å². The van der Waals surface area contributed by atoms with Gasteiger partial charge in [-0.05, 0) is 48.9 Å². The van der Waals surface area contributed by atoms with Crippen molar-refractivity contribution in [2.24, 2.45) is 11.8 Å². The number of fused-ring (bicyclic) bond motifs is 3. The Kier molecular flexibility index (Phi) is 5.15. The summed E-state index contributed by atoms with van der Waals surface area (Å²) < 4.78 is 40.3. The third-order valence-electron chi connectivity index (χ3n) is 5.10. The number of hydrogen-bond donors (Lipinski definition) is 1. The van der Waals surface area contributed by atoms with Gasteiger partial charge in [-0.15, -0.1) is 19.8 Å². The van der Waals surface area contributed by atoms with Crippen molar-refractivity contribution in [2.75, 3.05) is 19.6 Å². The van der Waals surface area contributed by atoms with Crippen LogP contribution in [0.5, 0.6) is 5.75 Å². The topological polar surface area (TPSA) is 24.5 Å². The highest BCUT2D eigenvalue weighted by Gasteiger charge is 2.38. The molecule has 0 aromatic heterocycles. The van der Waals surface area contributed by atoms with Gasteiger partial charge in [0.25, 0.3) is 0 Å². The van der Waals surface area contributed by atoms with Crippen LogP contribution in [0.1, 0.15) is 18.4 Å². The summed E-state index contributed by atoms with van der Waals surface area (Å²) in [5.41, 5.74) is 0.949. The van der Waals surface area contributed by atoms with E-state index in [4.69, 9.17) is 0 Å². The van der Waals surface area contributed by atoms with Crippen LogP contribution in [-0.2, 0) is 6.54 Å². The van der Waals surface area contributed by atoms with Crippen LogP contribution < -0.4 is 10.1 Å². The molecule has 3 fully saturated rings. The van der Waals surface area contributed by atoms with E-state index in [9.17, 15) is 13.2 Å². The van der Waals surface area contributed by atoms with Gasteiger partial charge in [-0.1, -0.05) is 18.2 Å². The molecule has 3 nitrogen and oxygen atoms in total. The minimum atomic E-state index is -4.64. The first kappa shape index (κ1) is 17.3. The van der Waals surface area contributed by atoms with Crippen LogP contribution >= 0.6 is 0 Å². The lowest BCUT2D eigenvalue weighted by molar-refractivity contribution is -0.274. The summed E-state index contributed by atoms with van der Waals surface area (Å²) in [6.07, 6.45) is -0.0985. The Hall–Kier alpha value is -1.53. The number of ether oxygens (including phenoxy) is 1. The van der Waals surface area contributed by atoms with Crippen molar-refractivity contribution in [3.8, 4) is 5.75 Å². The first-order valence-electron chi connectivity index (χ1n) is 8.36. The lowest BCUT2D eigenvalue weighted by Gasteiger charge is -2.49. The number of nitrogens with zero attached hydrogens (tertiary/aromatic N) is 1. The second-order valence-electron chi connectivity index (χ2n) is 6.66. The van der Waals surface area contributed by atoms with Crippen LogP contribution in [0.3, 0.4) is 0 Å². The lowest BCUT2D eigenvalue weighted by atomic mass is 9.75. The molecule has 1 N–H and O–H groups in total. The molecule has 4 rings (SSSR count). The maximum atomic E-state index is 12.1. The van der Waals surface area contributed by atoms with Gasteiger partial charge >= 0.3 is 6.36 Å². The molecule has 3 aliphatic heterocycles. The minimum Gasteiger partial charge on any atom is -0.406 e. The molecular formula is C18H23F3N2O. The van der Waals surface area contributed by atoms with Crippen molar-refractivity contribution in [1.29, 1.82) is 0 Å². The Morgan fingerprint density at radius 1 is 1.29 bits per heavy atom. The summed E-state index contributed by atoms with van der Waals surface area (Å²) >= 11 is 0. The van der Waals surface area contributed by atoms with E-state index in [1.165, 1.54) is 25.0 Å². The van der Waals surface area contributed by atoms with Crippen molar-refractivity contribution >= 4 is 0 Å². The number of alkyl halides is 3. The number of hydrogen-bond acceptors (Lipinski definition) is 3. The molecule has 24 heavy (non-hydrogen) atoms. The Morgan fingerprint density at radius 3 is 2.62 bits per heavy atom. The molecule has 0 spiro atoms. The summed E-state index contributed by atoms with van der Waals surface area (Å²) in [6, 6.07) is 6.58. The molecule has 1 aromatic rings. The molecule has 1 unspecified atom stereocenters. The second-order valence-corrected chi connectivity index (χ2v) is 6.66. The molecular weight excluding hydrogens is 317 g/mol.